The minimum Gasteiger partial charge on any atom is -0.339 e. The van der Waals surface area contributed by atoms with Gasteiger partial charge < -0.3 is 9.47 Å². The fourth-order valence-electron chi connectivity index (χ4n) is 3.42. The maximum Gasteiger partial charge on any atom is 0.273 e. The summed E-state index contributed by atoms with van der Waals surface area (Å²) in [6.07, 6.45) is 3.28. The molecule has 124 valence electrons. The van der Waals surface area contributed by atoms with E-state index < -0.39 is 0 Å². The molecule has 1 saturated heterocycles. The van der Waals surface area contributed by atoms with Gasteiger partial charge in [-0.25, -0.2) is 4.98 Å². The molecule has 0 unspecified atom stereocenters. The van der Waals surface area contributed by atoms with Gasteiger partial charge in [-0.2, -0.15) is 0 Å². The van der Waals surface area contributed by atoms with E-state index in [0.29, 0.717) is 5.69 Å². The van der Waals surface area contributed by atoms with Crippen molar-refractivity contribution in [3.05, 3.63) is 41.4 Å². The molecule has 2 aromatic heterocycles. The molecule has 1 aliphatic rings. The van der Waals surface area contributed by atoms with Crippen molar-refractivity contribution in [2.24, 2.45) is 0 Å². The van der Waals surface area contributed by atoms with Gasteiger partial charge in [-0.3, -0.25) is 4.79 Å². The van der Waals surface area contributed by atoms with Gasteiger partial charge in [0.1, 0.15) is 10.7 Å². The molecule has 0 radical (unpaired) electrons. The number of aromatic nitrogens is 2. The summed E-state index contributed by atoms with van der Waals surface area (Å²) in [4.78, 5) is 19.1. The van der Waals surface area contributed by atoms with Gasteiger partial charge in [0.05, 0.1) is 5.69 Å². The van der Waals surface area contributed by atoms with E-state index in [0.717, 1.165) is 49.6 Å². The Balaban J connectivity index is 1.72. The topological polar surface area (TPSA) is 38.1 Å². The van der Waals surface area contributed by atoms with Crippen LogP contribution in [0.5, 0.6) is 0 Å². The highest BCUT2D eigenvalue weighted by molar-refractivity contribution is 7.13. The third-order valence-corrected chi connectivity index (χ3v) is 5.46. The molecule has 1 aliphatic heterocycles. The van der Waals surface area contributed by atoms with E-state index >= 15 is 0 Å². The summed E-state index contributed by atoms with van der Waals surface area (Å²) in [5, 5.41) is 4.06. The predicted octanol–water partition coefficient (Wildman–Crippen LogP) is 4.41. The molecule has 0 saturated carbocycles. The first-order chi connectivity index (χ1) is 11.8. The number of carbonyl (C=O) groups is 1. The maximum absolute atomic E-state index is 12.5. The van der Waals surface area contributed by atoms with Crippen LogP contribution in [0.3, 0.4) is 0 Å². The Labute approximate surface area is 145 Å². The number of aryl methyl sites for hydroxylation is 1. The average molecular weight is 339 g/mol. The second-order valence-corrected chi connectivity index (χ2v) is 7.14. The van der Waals surface area contributed by atoms with E-state index in [2.05, 4.69) is 46.8 Å². The van der Waals surface area contributed by atoms with E-state index in [9.17, 15) is 4.79 Å². The van der Waals surface area contributed by atoms with Gasteiger partial charge in [0, 0.05) is 35.9 Å². The summed E-state index contributed by atoms with van der Waals surface area (Å²) >= 11 is 1.57. The largest absolute Gasteiger partial charge is 0.339 e. The first kappa shape index (κ1) is 15.4. The van der Waals surface area contributed by atoms with Crippen LogP contribution in [0.1, 0.15) is 36.7 Å². The molecule has 24 heavy (non-hydrogen) atoms. The lowest BCUT2D eigenvalue weighted by Gasteiger charge is -2.12. The van der Waals surface area contributed by atoms with Crippen molar-refractivity contribution in [2.75, 3.05) is 13.1 Å². The summed E-state index contributed by atoms with van der Waals surface area (Å²) in [6.45, 7) is 4.87. The van der Waals surface area contributed by atoms with Crippen LogP contribution in [-0.4, -0.2) is 33.4 Å². The molecule has 1 fully saturated rings. The van der Waals surface area contributed by atoms with Crippen LogP contribution in [0.25, 0.3) is 21.6 Å². The van der Waals surface area contributed by atoms with E-state index in [4.69, 9.17) is 0 Å². The number of nitrogens with zero attached hydrogens (tertiary/aromatic N) is 3. The van der Waals surface area contributed by atoms with E-state index in [-0.39, 0.29) is 5.91 Å². The van der Waals surface area contributed by atoms with Crippen molar-refractivity contribution in [1.82, 2.24) is 14.5 Å². The molecule has 0 atom stereocenters. The van der Waals surface area contributed by atoms with Gasteiger partial charge in [-0.15, -0.1) is 11.3 Å². The predicted molar refractivity (Wildman–Crippen MR) is 98.5 cm³/mol. The molecule has 4 nitrogen and oxygen atoms in total. The van der Waals surface area contributed by atoms with Crippen LogP contribution in [0.15, 0.2) is 35.7 Å². The Hall–Kier alpha value is -2.14. The van der Waals surface area contributed by atoms with Crippen LogP contribution >= 0.6 is 11.3 Å². The quantitative estimate of drug-likeness (QED) is 0.706. The number of para-hydroxylation sites is 1. The van der Waals surface area contributed by atoms with Crippen molar-refractivity contribution < 1.29 is 4.79 Å². The molecule has 1 aromatic carbocycles. The third-order valence-electron chi connectivity index (χ3n) is 4.59. The van der Waals surface area contributed by atoms with Crippen LogP contribution in [0.4, 0.5) is 0 Å². The highest BCUT2D eigenvalue weighted by atomic mass is 32.1. The smallest absolute Gasteiger partial charge is 0.273 e. The Kier molecular flexibility index (Phi) is 4.10. The van der Waals surface area contributed by atoms with E-state index in [1.807, 2.05) is 10.3 Å². The SMILES string of the molecule is CCCn1c(-c2nc(C(=O)N3CCCC3)cs2)cc2ccccc21. The molecule has 0 bridgehead atoms. The Morgan fingerprint density at radius 2 is 2.04 bits per heavy atom. The zero-order valence-electron chi connectivity index (χ0n) is 13.9. The van der Waals surface area contributed by atoms with Crippen LogP contribution < -0.4 is 0 Å². The number of amides is 1. The fourth-order valence-corrected chi connectivity index (χ4v) is 4.24. The molecule has 1 amide bonds. The fraction of sp³-hybridized carbons (Fsp3) is 0.368. The number of benzene rings is 1. The van der Waals surface area contributed by atoms with Crippen LogP contribution in [0, 0.1) is 0 Å². The Bertz CT molecular complexity index is 874. The summed E-state index contributed by atoms with van der Waals surface area (Å²) in [5.41, 5.74) is 2.94. The normalized spacial score (nSPS) is 14.6. The van der Waals surface area contributed by atoms with Gasteiger partial charge in [0.25, 0.3) is 5.91 Å². The number of thiazole rings is 1. The first-order valence-corrected chi connectivity index (χ1v) is 9.49. The highest BCUT2D eigenvalue weighted by Gasteiger charge is 2.22. The summed E-state index contributed by atoms with van der Waals surface area (Å²) in [7, 11) is 0. The van der Waals surface area contributed by atoms with Gasteiger partial charge in [0.2, 0.25) is 0 Å². The molecular weight excluding hydrogens is 318 g/mol. The highest BCUT2D eigenvalue weighted by Crippen LogP contribution is 2.31. The minimum absolute atomic E-state index is 0.0770. The summed E-state index contributed by atoms with van der Waals surface area (Å²) < 4.78 is 2.32. The Morgan fingerprint density at radius 3 is 2.83 bits per heavy atom. The number of carbonyl (C=O) groups excluding carboxylic acids is 1. The second-order valence-electron chi connectivity index (χ2n) is 6.28. The molecule has 5 heteroatoms. The second kappa shape index (κ2) is 6.40. The molecule has 0 N–H and O–H groups in total. The molecule has 0 spiro atoms. The lowest BCUT2D eigenvalue weighted by atomic mass is 10.2. The lowest BCUT2D eigenvalue weighted by Crippen LogP contribution is -2.27. The van der Waals surface area contributed by atoms with E-state index in [1.54, 1.807) is 11.3 Å². The van der Waals surface area contributed by atoms with E-state index in [1.165, 1.54) is 10.9 Å². The lowest BCUT2D eigenvalue weighted by molar-refractivity contribution is 0.0788. The zero-order valence-corrected chi connectivity index (χ0v) is 14.7. The van der Waals surface area contributed by atoms with Gasteiger partial charge in [0.15, 0.2) is 0 Å². The van der Waals surface area contributed by atoms with Gasteiger partial charge in [-0.1, -0.05) is 25.1 Å². The molecule has 0 aliphatic carbocycles. The Morgan fingerprint density at radius 1 is 1.25 bits per heavy atom. The van der Waals surface area contributed by atoms with Crippen LogP contribution in [0.2, 0.25) is 0 Å². The number of hydrogen-bond acceptors (Lipinski definition) is 3. The third kappa shape index (κ3) is 2.63. The molecular formula is C19H21N3OS. The van der Waals surface area contributed by atoms with Gasteiger partial charge >= 0.3 is 0 Å². The maximum atomic E-state index is 12.5. The van der Waals surface area contributed by atoms with Crippen molar-refractivity contribution in [3.8, 4) is 10.7 Å². The molecule has 4 rings (SSSR count). The standard InChI is InChI=1S/C19H21N3OS/c1-2-9-22-16-8-4-3-7-14(16)12-17(22)18-20-15(13-24-18)19(23)21-10-5-6-11-21/h3-4,7-8,12-13H,2,5-6,9-11H2,1H3. The van der Waals surface area contributed by atoms with Crippen molar-refractivity contribution in [1.29, 1.82) is 0 Å². The summed E-state index contributed by atoms with van der Waals surface area (Å²) in [6, 6.07) is 10.6. The zero-order chi connectivity index (χ0) is 16.5. The van der Waals surface area contributed by atoms with Crippen molar-refractivity contribution in [2.45, 2.75) is 32.7 Å². The first-order valence-electron chi connectivity index (χ1n) is 8.61. The summed E-state index contributed by atoms with van der Waals surface area (Å²) in [5.74, 6) is 0.0770. The minimum atomic E-state index is 0.0770. The average Bonchev–Trinajstić information content (AvgIpc) is 3.34. The molecule has 3 aromatic rings. The molecule has 3 heterocycles. The van der Waals surface area contributed by atoms with Crippen LogP contribution in [-0.2, 0) is 6.54 Å². The number of fused-ring (bicyclic) bond motifs is 1. The van der Waals surface area contributed by atoms with Crippen molar-refractivity contribution >= 4 is 28.1 Å². The van der Waals surface area contributed by atoms with Crippen molar-refractivity contribution in [3.63, 3.8) is 0 Å². The number of rotatable bonds is 4. The number of likely N-dealkylation sites (tertiary alicyclic amines) is 1. The number of hydrogen-bond donors (Lipinski definition) is 0. The monoisotopic (exact) mass is 339 g/mol. The van der Waals surface area contributed by atoms with Gasteiger partial charge in [-0.05, 0) is 31.4 Å².